The van der Waals surface area contributed by atoms with Crippen molar-refractivity contribution in [1.29, 1.82) is 0 Å². The first-order valence-corrected chi connectivity index (χ1v) is 12.1. The number of rotatable bonds is 5. The number of anilines is 1. The molecule has 36 heavy (non-hydrogen) atoms. The number of halogens is 3. The number of nitrogens with zero attached hydrogens (tertiary/aromatic N) is 3. The third kappa shape index (κ3) is 4.36. The second kappa shape index (κ2) is 9.61. The summed E-state index contributed by atoms with van der Waals surface area (Å²) in [5.41, 5.74) is 3.07. The number of hydrogen-bond acceptors (Lipinski definition) is 6. The molecule has 0 unspecified atom stereocenters. The van der Waals surface area contributed by atoms with E-state index in [0.717, 1.165) is 36.3 Å². The van der Waals surface area contributed by atoms with Gasteiger partial charge in [-0.25, -0.2) is 4.98 Å². The Morgan fingerprint density at radius 3 is 2.61 bits per heavy atom. The molecule has 1 fully saturated rings. The summed E-state index contributed by atoms with van der Waals surface area (Å²) < 4.78 is 52.5. The van der Waals surface area contributed by atoms with Crippen molar-refractivity contribution < 1.29 is 22.6 Å². The van der Waals surface area contributed by atoms with Crippen molar-refractivity contribution in [3.8, 4) is 22.9 Å². The lowest BCUT2D eigenvalue weighted by molar-refractivity contribution is -0.138. The molecular formula is C27H29F3N4O2. The van der Waals surface area contributed by atoms with Crippen molar-refractivity contribution in [2.24, 2.45) is 0 Å². The van der Waals surface area contributed by atoms with Gasteiger partial charge in [0.2, 0.25) is 5.88 Å². The SMILES string of the molecule is CCOc1ncccc1-c1ccc2c(n1)CNCC21CCN(c2cccc(OC)c2C(F)(F)F)CC1. The van der Waals surface area contributed by atoms with Crippen LogP contribution in [0.5, 0.6) is 11.6 Å². The summed E-state index contributed by atoms with van der Waals surface area (Å²) in [6, 6.07) is 12.5. The molecule has 5 rings (SSSR count). The molecule has 1 saturated heterocycles. The maximum absolute atomic E-state index is 13.9. The smallest absolute Gasteiger partial charge is 0.421 e. The van der Waals surface area contributed by atoms with Gasteiger partial charge in [0.25, 0.3) is 0 Å². The fraction of sp³-hybridized carbons (Fsp3) is 0.407. The number of hydrogen-bond donors (Lipinski definition) is 1. The van der Waals surface area contributed by atoms with Gasteiger partial charge in [0.05, 0.1) is 36.4 Å². The molecule has 4 heterocycles. The Bertz CT molecular complexity index is 1240. The first kappa shape index (κ1) is 24.4. The van der Waals surface area contributed by atoms with E-state index in [2.05, 4.69) is 16.4 Å². The standard InChI is InChI=1S/C27H29F3N4O2/c1-3-36-25-18(6-5-13-32-25)20-10-9-19-21(33-20)16-31-17-26(19)11-14-34(15-12-26)22-7-4-8-23(35-2)24(22)27(28,29)30/h4-10,13,31H,3,11-12,14-17H2,1-2H3. The Balaban J connectivity index is 1.43. The topological polar surface area (TPSA) is 59.5 Å². The number of benzene rings is 1. The van der Waals surface area contributed by atoms with Crippen LogP contribution in [0.2, 0.25) is 0 Å². The highest BCUT2D eigenvalue weighted by Crippen LogP contribution is 2.46. The van der Waals surface area contributed by atoms with Crippen molar-refractivity contribution in [2.45, 2.75) is 37.9 Å². The zero-order chi connectivity index (χ0) is 25.3. The molecule has 0 bridgehead atoms. The predicted octanol–water partition coefficient (Wildman–Crippen LogP) is 5.21. The van der Waals surface area contributed by atoms with Crippen molar-refractivity contribution in [3.63, 3.8) is 0 Å². The lowest BCUT2D eigenvalue weighted by Gasteiger charge is -2.46. The van der Waals surface area contributed by atoms with Gasteiger partial charge in [-0.05, 0) is 55.7 Å². The zero-order valence-corrected chi connectivity index (χ0v) is 20.4. The van der Waals surface area contributed by atoms with Gasteiger partial charge in [-0.3, -0.25) is 4.98 Å². The van der Waals surface area contributed by atoms with Crippen LogP contribution < -0.4 is 19.7 Å². The highest BCUT2D eigenvalue weighted by molar-refractivity contribution is 5.66. The molecule has 0 saturated carbocycles. The number of aromatic nitrogens is 2. The van der Waals surface area contributed by atoms with Gasteiger partial charge in [-0.1, -0.05) is 12.1 Å². The van der Waals surface area contributed by atoms with Crippen LogP contribution in [0.3, 0.4) is 0 Å². The minimum atomic E-state index is -4.50. The molecule has 2 aliphatic heterocycles. The second-order valence-corrected chi connectivity index (χ2v) is 9.20. The highest BCUT2D eigenvalue weighted by atomic mass is 19.4. The second-order valence-electron chi connectivity index (χ2n) is 9.20. The maximum Gasteiger partial charge on any atom is 0.421 e. The summed E-state index contributed by atoms with van der Waals surface area (Å²) in [7, 11) is 1.27. The van der Waals surface area contributed by atoms with Gasteiger partial charge in [0.15, 0.2) is 0 Å². The first-order valence-electron chi connectivity index (χ1n) is 12.1. The van der Waals surface area contributed by atoms with Gasteiger partial charge in [0, 0.05) is 37.8 Å². The molecule has 3 aromatic rings. The molecule has 1 spiro atoms. The van der Waals surface area contributed by atoms with Gasteiger partial charge >= 0.3 is 6.18 Å². The Hall–Kier alpha value is -3.33. The lowest BCUT2D eigenvalue weighted by Crippen LogP contribution is -2.51. The number of piperidine rings is 1. The summed E-state index contributed by atoms with van der Waals surface area (Å²) in [5, 5.41) is 3.50. The average Bonchev–Trinajstić information content (AvgIpc) is 2.88. The van der Waals surface area contributed by atoms with Crippen molar-refractivity contribution in [3.05, 3.63) is 65.5 Å². The third-order valence-electron chi connectivity index (χ3n) is 7.20. The van der Waals surface area contributed by atoms with Crippen LogP contribution in [0.1, 0.15) is 36.6 Å². The van der Waals surface area contributed by atoms with Crippen molar-refractivity contribution in [2.75, 3.05) is 38.3 Å². The molecule has 1 aromatic carbocycles. The van der Waals surface area contributed by atoms with Crippen LogP contribution in [0.15, 0.2) is 48.7 Å². The van der Waals surface area contributed by atoms with E-state index in [9.17, 15) is 13.2 Å². The van der Waals surface area contributed by atoms with E-state index in [0.29, 0.717) is 32.1 Å². The first-order chi connectivity index (χ1) is 17.4. The molecule has 0 amide bonds. The summed E-state index contributed by atoms with van der Waals surface area (Å²) in [4.78, 5) is 11.1. The molecule has 0 radical (unpaired) electrons. The molecule has 9 heteroatoms. The molecule has 2 aromatic heterocycles. The van der Waals surface area contributed by atoms with E-state index in [4.69, 9.17) is 14.5 Å². The average molecular weight is 499 g/mol. The summed E-state index contributed by atoms with van der Waals surface area (Å²) in [6.45, 7) is 4.87. The van der Waals surface area contributed by atoms with E-state index in [1.54, 1.807) is 12.3 Å². The zero-order valence-electron chi connectivity index (χ0n) is 20.4. The van der Waals surface area contributed by atoms with Crippen LogP contribution in [0.25, 0.3) is 11.3 Å². The molecule has 0 aliphatic carbocycles. The lowest BCUT2D eigenvalue weighted by atomic mass is 9.70. The van der Waals surface area contributed by atoms with E-state index in [1.807, 2.05) is 30.0 Å². The Morgan fingerprint density at radius 1 is 1.08 bits per heavy atom. The molecular weight excluding hydrogens is 469 g/mol. The monoisotopic (exact) mass is 498 g/mol. The number of methoxy groups -OCH3 is 1. The Morgan fingerprint density at radius 2 is 1.89 bits per heavy atom. The number of alkyl halides is 3. The van der Waals surface area contributed by atoms with E-state index < -0.39 is 11.7 Å². The minimum absolute atomic E-state index is 0.150. The fourth-order valence-electron chi connectivity index (χ4n) is 5.48. The number of pyridine rings is 2. The van der Waals surface area contributed by atoms with Crippen LogP contribution in [-0.4, -0.2) is 43.3 Å². The number of fused-ring (bicyclic) bond motifs is 2. The van der Waals surface area contributed by atoms with E-state index in [1.165, 1.54) is 24.8 Å². The molecule has 0 atom stereocenters. The number of nitrogens with one attached hydrogen (secondary N) is 1. The Labute approximate surface area is 208 Å². The molecule has 2 aliphatic rings. The quantitative estimate of drug-likeness (QED) is 0.521. The third-order valence-corrected chi connectivity index (χ3v) is 7.20. The largest absolute Gasteiger partial charge is 0.496 e. The van der Waals surface area contributed by atoms with Gasteiger partial charge < -0.3 is 19.7 Å². The van der Waals surface area contributed by atoms with E-state index >= 15 is 0 Å². The molecule has 190 valence electrons. The maximum atomic E-state index is 13.9. The van der Waals surface area contributed by atoms with E-state index in [-0.39, 0.29) is 16.9 Å². The molecule has 1 N–H and O–H groups in total. The summed E-state index contributed by atoms with van der Waals surface area (Å²) in [6.07, 6.45) is -1.36. The van der Waals surface area contributed by atoms with Crippen LogP contribution in [-0.2, 0) is 18.1 Å². The highest BCUT2D eigenvalue weighted by Gasteiger charge is 2.43. The molecule has 6 nitrogen and oxygen atoms in total. The summed E-state index contributed by atoms with van der Waals surface area (Å²) >= 11 is 0. The Kier molecular flexibility index (Phi) is 6.51. The summed E-state index contributed by atoms with van der Waals surface area (Å²) in [5.74, 6) is 0.404. The van der Waals surface area contributed by atoms with Crippen LogP contribution >= 0.6 is 0 Å². The van der Waals surface area contributed by atoms with Crippen LogP contribution in [0, 0.1) is 0 Å². The van der Waals surface area contributed by atoms with Crippen molar-refractivity contribution in [1.82, 2.24) is 15.3 Å². The normalized spacial score (nSPS) is 17.1. The number of ether oxygens (including phenoxy) is 2. The predicted molar refractivity (Wildman–Crippen MR) is 131 cm³/mol. The van der Waals surface area contributed by atoms with Gasteiger partial charge in [-0.2, -0.15) is 13.2 Å². The minimum Gasteiger partial charge on any atom is -0.496 e. The van der Waals surface area contributed by atoms with Gasteiger partial charge in [-0.15, -0.1) is 0 Å². The van der Waals surface area contributed by atoms with Gasteiger partial charge in [0.1, 0.15) is 11.3 Å². The fourth-order valence-corrected chi connectivity index (χ4v) is 5.48. The van der Waals surface area contributed by atoms with Crippen LogP contribution in [0.4, 0.5) is 18.9 Å². The van der Waals surface area contributed by atoms with Crippen molar-refractivity contribution >= 4 is 5.69 Å².